The van der Waals surface area contributed by atoms with Crippen LogP contribution in [0.1, 0.15) is 15.9 Å². The first-order valence-electron chi connectivity index (χ1n) is 5.91. The topological polar surface area (TPSA) is 17.1 Å². The van der Waals surface area contributed by atoms with E-state index in [1.165, 1.54) is 18.2 Å². The number of hydrogen-bond donors (Lipinski definition) is 0. The maximum atomic E-state index is 13.8. The highest BCUT2D eigenvalue weighted by Gasteiger charge is 2.36. The van der Waals surface area contributed by atoms with Gasteiger partial charge in [-0.1, -0.05) is 64.5 Å². The van der Waals surface area contributed by atoms with E-state index in [4.69, 9.17) is 0 Å². The van der Waals surface area contributed by atoms with Crippen LogP contribution in [-0.2, 0) is 0 Å². The smallest absolute Gasteiger partial charge is 0.287 e. The molecule has 0 radical (unpaired) electrons. The Morgan fingerprint density at radius 1 is 1.05 bits per heavy atom. The Morgan fingerprint density at radius 3 is 2.40 bits per heavy atom. The first-order chi connectivity index (χ1) is 9.49. The number of halogens is 3. The van der Waals surface area contributed by atoms with Crippen LogP contribution in [0.15, 0.2) is 65.1 Å². The fourth-order valence-corrected chi connectivity index (χ4v) is 2.09. The van der Waals surface area contributed by atoms with Gasteiger partial charge in [0.2, 0.25) is 5.78 Å². The molecular weight excluding hydrogens is 326 g/mol. The number of rotatable bonds is 4. The third-order valence-electron chi connectivity index (χ3n) is 2.67. The zero-order chi connectivity index (χ0) is 14.6. The summed E-state index contributed by atoms with van der Waals surface area (Å²) in [6.07, 6.45) is 1.87. The van der Waals surface area contributed by atoms with Crippen LogP contribution in [0.25, 0.3) is 6.08 Å². The summed E-state index contributed by atoms with van der Waals surface area (Å²) in [6.45, 7) is 0. The fraction of sp³-hybridized carbons (Fsp3) is 0.0625. The number of alkyl halides is 2. The van der Waals surface area contributed by atoms with Gasteiger partial charge in [0, 0.05) is 10.0 Å². The molecule has 2 aromatic carbocycles. The normalized spacial score (nSPS) is 11.8. The lowest BCUT2D eigenvalue weighted by Crippen LogP contribution is -2.25. The Labute approximate surface area is 124 Å². The van der Waals surface area contributed by atoms with Gasteiger partial charge in [-0.2, -0.15) is 8.78 Å². The molecule has 0 bridgehead atoms. The molecule has 1 nitrogen and oxygen atoms in total. The lowest BCUT2D eigenvalue weighted by atomic mass is 10.0. The molecule has 0 saturated heterocycles. The second-order valence-electron chi connectivity index (χ2n) is 4.21. The van der Waals surface area contributed by atoms with Crippen LogP contribution in [0, 0.1) is 0 Å². The van der Waals surface area contributed by atoms with Crippen LogP contribution in [0.4, 0.5) is 8.78 Å². The Balaban J connectivity index is 2.21. The lowest BCUT2D eigenvalue weighted by Gasteiger charge is -2.10. The maximum Gasteiger partial charge on any atom is 0.328 e. The summed E-state index contributed by atoms with van der Waals surface area (Å²) in [5.74, 6) is -4.73. The first-order valence-corrected chi connectivity index (χ1v) is 6.71. The van der Waals surface area contributed by atoms with Crippen molar-refractivity contribution in [1.29, 1.82) is 0 Å². The highest BCUT2D eigenvalue weighted by molar-refractivity contribution is 9.10. The molecule has 0 aliphatic rings. The molecule has 0 N–H and O–H groups in total. The molecule has 102 valence electrons. The van der Waals surface area contributed by atoms with E-state index in [1.54, 1.807) is 42.5 Å². The van der Waals surface area contributed by atoms with Crippen LogP contribution in [0.3, 0.4) is 0 Å². The molecule has 0 amide bonds. The largest absolute Gasteiger partial charge is 0.328 e. The van der Waals surface area contributed by atoms with Crippen molar-refractivity contribution in [3.8, 4) is 0 Å². The minimum atomic E-state index is -3.52. The van der Waals surface area contributed by atoms with E-state index in [9.17, 15) is 13.6 Å². The number of carbonyl (C=O) groups is 1. The Kier molecular flexibility index (Phi) is 4.45. The number of allylic oxidation sites excluding steroid dienone is 1. The molecule has 0 unspecified atom stereocenters. The third kappa shape index (κ3) is 3.61. The van der Waals surface area contributed by atoms with Gasteiger partial charge in [-0.25, -0.2) is 0 Å². The Bertz CT molecular complexity index is 636. The van der Waals surface area contributed by atoms with E-state index in [0.29, 0.717) is 11.6 Å². The molecule has 0 saturated carbocycles. The predicted octanol–water partition coefficient (Wildman–Crippen LogP) is 4.98. The van der Waals surface area contributed by atoms with E-state index in [2.05, 4.69) is 15.9 Å². The standard InChI is InChI=1S/C16H11BrF2O/c17-14-8-4-5-12(11-14)9-10-16(18,19)15(20)13-6-2-1-3-7-13/h1-11H/b10-9+. The van der Waals surface area contributed by atoms with Gasteiger partial charge in [-0.3, -0.25) is 4.79 Å². The van der Waals surface area contributed by atoms with Gasteiger partial charge < -0.3 is 0 Å². The van der Waals surface area contributed by atoms with Crippen molar-refractivity contribution in [2.45, 2.75) is 5.92 Å². The summed E-state index contributed by atoms with van der Waals surface area (Å²) in [5.41, 5.74) is 0.594. The molecule has 0 aromatic heterocycles. The summed E-state index contributed by atoms with van der Waals surface area (Å²) in [7, 11) is 0. The maximum absolute atomic E-state index is 13.8. The summed E-state index contributed by atoms with van der Waals surface area (Å²) in [5, 5.41) is 0. The Morgan fingerprint density at radius 2 is 1.75 bits per heavy atom. The zero-order valence-corrected chi connectivity index (χ0v) is 12.0. The predicted molar refractivity (Wildman–Crippen MR) is 78.9 cm³/mol. The van der Waals surface area contributed by atoms with Crippen molar-refractivity contribution >= 4 is 27.8 Å². The monoisotopic (exact) mass is 336 g/mol. The number of benzene rings is 2. The molecule has 2 rings (SSSR count). The SMILES string of the molecule is O=C(c1ccccc1)C(F)(F)/C=C/c1cccc(Br)c1. The van der Waals surface area contributed by atoms with Crippen molar-refractivity contribution in [3.05, 3.63) is 76.3 Å². The van der Waals surface area contributed by atoms with Crippen molar-refractivity contribution in [2.24, 2.45) is 0 Å². The average Bonchev–Trinajstić information content (AvgIpc) is 2.45. The molecule has 4 heteroatoms. The Hall–Kier alpha value is -1.81. The van der Waals surface area contributed by atoms with Gasteiger partial charge in [0.05, 0.1) is 0 Å². The van der Waals surface area contributed by atoms with Gasteiger partial charge >= 0.3 is 5.92 Å². The minimum Gasteiger partial charge on any atom is -0.287 e. The second kappa shape index (κ2) is 6.09. The van der Waals surface area contributed by atoms with Crippen molar-refractivity contribution < 1.29 is 13.6 Å². The van der Waals surface area contributed by atoms with Gasteiger partial charge in [-0.05, 0) is 23.8 Å². The van der Waals surface area contributed by atoms with E-state index in [1.807, 2.05) is 0 Å². The van der Waals surface area contributed by atoms with Crippen molar-refractivity contribution in [2.75, 3.05) is 0 Å². The van der Waals surface area contributed by atoms with E-state index < -0.39 is 11.7 Å². The highest BCUT2D eigenvalue weighted by Crippen LogP contribution is 2.23. The molecule has 0 atom stereocenters. The minimum absolute atomic E-state index is 0.00334. The van der Waals surface area contributed by atoms with Crippen LogP contribution >= 0.6 is 15.9 Å². The van der Waals surface area contributed by atoms with Crippen molar-refractivity contribution in [1.82, 2.24) is 0 Å². The van der Waals surface area contributed by atoms with Gasteiger partial charge in [0.15, 0.2) is 0 Å². The van der Waals surface area contributed by atoms with Crippen LogP contribution < -0.4 is 0 Å². The number of hydrogen-bond acceptors (Lipinski definition) is 1. The third-order valence-corrected chi connectivity index (χ3v) is 3.17. The molecule has 0 aliphatic heterocycles. The van der Waals surface area contributed by atoms with E-state index >= 15 is 0 Å². The van der Waals surface area contributed by atoms with E-state index in [-0.39, 0.29) is 5.56 Å². The molecule has 0 heterocycles. The van der Waals surface area contributed by atoms with Gasteiger partial charge in [0.1, 0.15) is 0 Å². The number of Topliss-reactive ketones (excluding diaryl/α,β-unsaturated/α-hetero) is 1. The first kappa shape index (κ1) is 14.6. The zero-order valence-electron chi connectivity index (χ0n) is 10.4. The van der Waals surface area contributed by atoms with Crippen LogP contribution in [0.2, 0.25) is 0 Å². The van der Waals surface area contributed by atoms with Gasteiger partial charge in [0.25, 0.3) is 0 Å². The highest BCUT2D eigenvalue weighted by atomic mass is 79.9. The number of ketones is 1. The van der Waals surface area contributed by atoms with Gasteiger partial charge in [-0.15, -0.1) is 0 Å². The quantitative estimate of drug-likeness (QED) is 0.719. The van der Waals surface area contributed by atoms with E-state index in [0.717, 1.165) is 4.47 Å². The summed E-state index contributed by atoms with van der Waals surface area (Å²) >= 11 is 3.26. The second-order valence-corrected chi connectivity index (χ2v) is 5.12. The van der Waals surface area contributed by atoms with Crippen LogP contribution in [0.5, 0.6) is 0 Å². The molecule has 0 aliphatic carbocycles. The molecule has 0 fully saturated rings. The number of carbonyl (C=O) groups excluding carboxylic acids is 1. The molecule has 20 heavy (non-hydrogen) atoms. The summed E-state index contributed by atoms with van der Waals surface area (Å²) in [4.78, 5) is 11.7. The molecular formula is C16H11BrF2O. The molecule has 0 spiro atoms. The van der Waals surface area contributed by atoms with Crippen molar-refractivity contribution in [3.63, 3.8) is 0 Å². The fourth-order valence-electron chi connectivity index (χ4n) is 1.67. The summed E-state index contributed by atoms with van der Waals surface area (Å²) in [6, 6.07) is 14.5. The lowest BCUT2D eigenvalue weighted by molar-refractivity contribution is 0.0385. The van der Waals surface area contributed by atoms with Crippen LogP contribution in [-0.4, -0.2) is 11.7 Å². The average molecular weight is 337 g/mol. The molecule has 2 aromatic rings. The summed E-state index contributed by atoms with van der Waals surface area (Å²) < 4.78 is 28.5.